The summed E-state index contributed by atoms with van der Waals surface area (Å²) in [6, 6.07) is 12.3. The molecule has 192 valence electrons. The van der Waals surface area contributed by atoms with E-state index in [1.807, 2.05) is 42.2 Å². The van der Waals surface area contributed by atoms with Crippen LogP contribution < -0.4 is 5.32 Å². The number of nitrogens with zero attached hydrogens (tertiary/aromatic N) is 2. The van der Waals surface area contributed by atoms with Gasteiger partial charge in [0.05, 0.1) is 5.56 Å². The quantitative estimate of drug-likeness (QED) is 0.466. The Labute approximate surface area is 216 Å². The van der Waals surface area contributed by atoms with Gasteiger partial charge in [-0.3, -0.25) is 4.79 Å². The topological polar surface area (TPSA) is 71.6 Å². The van der Waals surface area contributed by atoms with Crippen LogP contribution in [0.5, 0.6) is 0 Å². The van der Waals surface area contributed by atoms with E-state index in [4.69, 9.17) is 0 Å². The Bertz CT molecular complexity index is 1370. The maximum absolute atomic E-state index is 14.0. The molecular weight excluding hydrogens is 467 g/mol. The summed E-state index contributed by atoms with van der Waals surface area (Å²) in [5.41, 5.74) is 7.40. The highest BCUT2D eigenvalue weighted by Gasteiger charge is 2.31. The summed E-state index contributed by atoms with van der Waals surface area (Å²) in [5.74, 6) is -0.217. The number of aromatic nitrogens is 1. The van der Waals surface area contributed by atoms with Crippen LogP contribution in [0.1, 0.15) is 52.1 Å². The van der Waals surface area contributed by atoms with Crippen molar-refractivity contribution in [2.75, 3.05) is 38.0 Å². The monoisotopic (exact) mass is 500 g/mol. The predicted octanol–water partition coefficient (Wildman–Crippen LogP) is 4.90. The van der Waals surface area contributed by atoms with Crippen LogP contribution in [-0.2, 0) is 6.42 Å². The highest BCUT2D eigenvalue weighted by Crippen LogP contribution is 2.42. The molecule has 1 atom stereocenters. The van der Waals surface area contributed by atoms with Gasteiger partial charge in [-0.05, 0) is 73.8 Å². The van der Waals surface area contributed by atoms with Crippen molar-refractivity contribution in [2.45, 2.75) is 38.8 Å². The van der Waals surface area contributed by atoms with Crippen LogP contribution in [0.3, 0.4) is 0 Å². The zero-order chi connectivity index (χ0) is 25.5. The van der Waals surface area contributed by atoms with Crippen molar-refractivity contribution in [3.63, 3.8) is 0 Å². The van der Waals surface area contributed by atoms with Crippen molar-refractivity contribution in [3.8, 4) is 11.1 Å². The van der Waals surface area contributed by atoms with Crippen molar-refractivity contribution in [2.24, 2.45) is 0 Å². The summed E-state index contributed by atoms with van der Waals surface area (Å²) in [6.45, 7) is 6.63. The summed E-state index contributed by atoms with van der Waals surface area (Å²) < 4.78 is 14.0. The molecule has 2 aromatic carbocycles. The first-order valence-electron chi connectivity index (χ1n) is 13.3. The van der Waals surface area contributed by atoms with E-state index in [9.17, 15) is 14.3 Å². The number of likely N-dealkylation sites (tertiary alicyclic amines) is 1. The van der Waals surface area contributed by atoms with Crippen LogP contribution in [-0.4, -0.2) is 64.7 Å². The second-order valence-electron chi connectivity index (χ2n) is 10.3. The van der Waals surface area contributed by atoms with E-state index in [0.29, 0.717) is 12.1 Å². The molecule has 1 saturated heterocycles. The molecule has 0 aliphatic carbocycles. The maximum atomic E-state index is 14.0. The third-order valence-corrected chi connectivity index (χ3v) is 8.01. The molecule has 3 aliphatic rings. The number of carbonyl (C=O) groups is 1. The van der Waals surface area contributed by atoms with Gasteiger partial charge in [0.2, 0.25) is 0 Å². The van der Waals surface area contributed by atoms with Gasteiger partial charge in [-0.2, -0.15) is 0 Å². The van der Waals surface area contributed by atoms with Crippen molar-refractivity contribution < 1.29 is 14.3 Å². The molecule has 0 saturated carbocycles. The van der Waals surface area contributed by atoms with Gasteiger partial charge in [-0.15, -0.1) is 0 Å². The predicted molar refractivity (Wildman–Crippen MR) is 145 cm³/mol. The summed E-state index contributed by atoms with van der Waals surface area (Å²) in [5, 5.41) is 14.1. The van der Waals surface area contributed by atoms with Gasteiger partial charge in [0.15, 0.2) is 6.23 Å². The Morgan fingerprint density at radius 2 is 1.86 bits per heavy atom. The zero-order valence-electron chi connectivity index (χ0n) is 21.2. The Balaban J connectivity index is 1.31. The van der Waals surface area contributed by atoms with E-state index < -0.39 is 6.23 Å². The van der Waals surface area contributed by atoms with E-state index in [1.165, 1.54) is 31.4 Å². The van der Waals surface area contributed by atoms with Gasteiger partial charge >= 0.3 is 0 Å². The lowest BCUT2D eigenvalue weighted by Crippen LogP contribution is -2.43. The van der Waals surface area contributed by atoms with E-state index in [0.717, 1.165) is 77.5 Å². The number of carbonyl (C=O) groups excluding carboxylic acids is 1. The lowest BCUT2D eigenvalue weighted by molar-refractivity contribution is 0.0712. The minimum Gasteiger partial charge on any atom is -0.369 e. The third kappa shape index (κ3) is 4.47. The summed E-state index contributed by atoms with van der Waals surface area (Å²) in [7, 11) is 0. The maximum Gasteiger partial charge on any atom is 0.256 e. The average molecular weight is 501 g/mol. The number of aliphatic hydroxyl groups is 1. The number of piperidine rings is 1. The van der Waals surface area contributed by atoms with E-state index >= 15 is 0 Å². The molecule has 3 aromatic rings. The number of halogens is 1. The van der Waals surface area contributed by atoms with Crippen molar-refractivity contribution in [1.29, 1.82) is 0 Å². The van der Waals surface area contributed by atoms with Crippen molar-refractivity contribution >= 4 is 23.2 Å². The molecule has 3 N–H and O–H groups in total. The van der Waals surface area contributed by atoms with Gasteiger partial charge < -0.3 is 25.2 Å². The highest BCUT2D eigenvalue weighted by atomic mass is 19.1. The third-order valence-electron chi connectivity index (χ3n) is 8.01. The molecule has 3 aliphatic heterocycles. The number of H-pyrrole nitrogens is 1. The van der Waals surface area contributed by atoms with Crippen molar-refractivity contribution in [3.05, 3.63) is 76.4 Å². The number of amides is 1. The van der Waals surface area contributed by atoms with Crippen LogP contribution in [0.2, 0.25) is 0 Å². The summed E-state index contributed by atoms with van der Waals surface area (Å²) >= 11 is 0. The van der Waals surface area contributed by atoms with E-state index in [1.54, 1.807) is 6.07 Å². The first kappa shape index (κ1) is 23.9. The molecule has 7 heteroatoms. The highest BCUT2D eigenvalue weighted by molar-refractivity contribution is 6.02. The number of fused-ring (bicyclic) bond motifs is 2. The molecule has 1 unspecified atom stereocenters. The molecular formula is C30H33FN4O2. The first-order chi connectivity index (χ1) is 18.0. The molecule has 4 heterocycles. The fourth-order valence-electron chi connectivity index (χ4n) is 6.01. The van der Waals surface area contributed by atoms with E-state index in [2.05, 4.69) is 15.2 Å². The summed E-state index contributed by atoms with van der Waals surface area (Å²) in [4.78, 5) is 21.4. The van der Waals surface area contributed by atoms with Crippen molar-refractivity contribution in [1.82, 2.24) is 14.8 Å². The molecule has 6 nitrogen and oxygen atoms in total. The number of hydrogen-bond acceptors (Lipinski definition) is 4. The lowest BCUT2D eigenvalue weighted by atomic mass is 9.93. The van der Waals surface area contributed by atoms with Gasteiger partial charge in [0, 0.05) is 54.3 Å². The van der Waals surface area contributed by atoms with Gasteiger partial charge in [0.1, 0.15) is 5.82 Å². The average Bonchev–Trinajstić information content (AvgIpc) is 3.40. The molecule has 0 spiro atoms. The molecule has 1 fully saturated rings. The molecule has 1 aromatic heterocycles. The molecule has 0 radical (unpaired) electrons. The number of benzene rings is 2. The Morgan fingerprint density at radius 1 is 1.05 bits per heavy atom. The minimum absolute atomic E-state index is 0.0857. The SMILES string of the molecule is Cc1c(/C=C2/c3c(cccc3-c3cccc(F)c3)NC2O)[nH]c2c1C(=O)N(CCN1CCCCC1)CC2. The normalized spacial score (nSPS) is 20.7. The lowest BCUT2D eigenvalue weighted by Gasteiger charge is -2.32. The number of aromatic amines is 1. The minimum atomic E-state index is -0.902. The number of hydrogen-bond donors (Lipinski definition) is 3. The fourth-order valence-corrected chi connectivity index (χ4v) is 6.01. The van der Waals surface area contributed by atoms with Crippen LogP contribution in [0.15, 0.2) is 42.5 Å². The van der Waals surface area contributed by atoms with Gasteiger partial charge in [0.25, 0.3) is 5.91 Å². The largest absolute Gasteiger partial charge is 0.369 e. The number of rotatable bonds is 5. The smallest absolute Gasteiger partial charge is 0.256 e. The first-order valence-corrected chi connectivity index (χ1v) is 13.3. The summed E-state index contributed by atoms with van der Waals surface area (Å²) in [6.07, 6.45) is 5.63. The second kappa shape index (κ2) is 9.80. The fraction of sp³-hybridized carbons (Fsp3) is 0.367. The molecule has 37 heavy (non-hydrogen) atoms. The molecule has 1 amide bonds. The molecule has 6 rings (SSSR count). The van der Waals surface area contributed by atoms with Crippen LogP contribution in [0.4, 0.5) is 10.1 Å². The van der Waals surface area contributed by atoms with Crippen LogP contribution in [0.25, 0.3) is 22.8 Å². The van der Waals surface area contributed by atoms with E-state index in [-0.39, 0.29) is 11.7 Å². The number of anilines is 1. The Morgan fingerprint density at radius 3 is 2.68 bits per heavy atom. The number of aliphatic hydroxyl groups excluding tert-OH is 1. The zero-order valence-corrected chi connectivity index (χ0v) is 21.2. The second-order valence-corrected chi connectivity index (χ2v) is 10.3. The van der Waals surface area contributed by atoms with Crippen LogP contribution in [0, 0.1) is 12.7 Å². The Hall–Kier alpha value is -3.42. The van der Waals surface area contributed by atoms with Gasteiger partial charge in [-0.25, -0.2) is 4.39 Å². The molecule has 0 bridgehead atoms. The Kier molecular flexibility index (Phi) is 6.34. The van der Waals surface area contributed by atoms with Gasteiger partial charge in [-0.1, -0.05) is 30.7 Å². The van der Waals surface area contributed by atoms with Crippen LogP contribution >= 0.6 is 0 Å². The standard InChI is InChI=1S/C30H33FN4O2/c1-19-26(32-25-11-14-35(30(37)27(19)25)16-15-34-12-3-2-4-13-34)18-23-28-22(20-7-5-8-21(31)17-20)9-6-10-24(28)33-29(23)36/h5-10,17-18,29,32-33,36H,2-4,11-16H2,1H3/b23-18-. The number of nitrogens with one attached hydrogen (secondary N) is 2.